The molecule has 3 rings (SSSR count). The van der Waals surface area contributed by atoms with Crippen molar-refractivity contribution in [2.45, 2.75) is 57.8 Å². The van der Waals surface area contributed by atoms with E-state index in [4.69, 9.17) is 9.31 Å². The summed E-state index contributed by atoms with van der Waals surface area (Å²) in [5.74, 6) is 0.741. The van der Waals surface area contributed by atoms with E-state index in [1.54, 1.807) is 0 Å². The van der Waals surface area contributed by atoms with Crippen LogP contribution in [0.4, 0.5) is 0 Å². The van der Waals surface area contributed by atoms with Crippen molar-refractivity contribution >= 4 is 23.9 Å². The van der Waals surface area contributed by atoms with Crippen molar-refractivity contribution in [2.24, 2.45) is 0 Å². The van der Waals surface area contributed by atoms with Crippen LogP contribution in [0.5, 0.6) is 0 Å². The molecule has 1 saturated heterocycles. The zero-order valence-corrected chi connectivity index (χ0v) is 14.1. The number of hydrogen-bond donors (Lipinski definition) is 2. The van der Waals surface area contributed by atoms with Crippen molar-refractivity contribution in [1.29, 1.82) is 0 Å². The molecule has 1 amide bonds. The zero-order valence-electron chi connectivity index (χ0n) is 13.2. The minimum Gasteiger partial charge on any atom is -0.399 e. The van der Waals surface area contributed by atoms with E-state index in [1.165, 1.54) is 0 Å². The second-order valence-electron chi connectivity index (χ2n) is 7.05. The normalized spacial score (nSPS) is 31.3. The Bertz CT molecular complexity index is 495. The lowest BCUT2D eigenvalue weighted by atomic mass is 9.79. The molecule has 0 radical (unpaired) electrons. The lowest BCUT2D eigenvalue weighted by molar-refractivity contribution is -0.118. The Kier molecular flexibility index (Phi) is 3.75. The summed E-state index contributed by atoms with van der Waals surface area (Å²) in [4.78, 5) is 11.9. The van der Waals surface area contributed by atoms with Crippen LogP contribution in [0.3, 0.4) is 0 Å². The van der Waals surface area contributed by atoms with Crippen molar-refractivity contribution in [3.05, 3.63) is 22.4 Å². The molecule has 1 N–H and O–H groups in total. The quantitative estimate of drug-likeness (QED) is 0.619. The number of amides is 1. The van der Waals surface area contributed by atoms with Gasteiger partial charge in [0.1, 0.15) is 0 Å². The summed E-state index contributed by atoms with van der Waals surface area (Å²) < 4.78 is 12.1. The fraction of sp³-hybridized carbons (Fsp3) is 0.667. The molecule has 0 spiro atoms. The van der Waals surface area contributed by atoms with Crippen LogP contribution in [-0.4, -0.2) is 36.0 Å². The van der Waals surface area contributed by atoms with Crippen LogP contribution in [0.1, 0.15) is 40.5 Å². The first-order chi connectivity index (χ1) is 9.77. The summed E-state index contributed by atoms with van der Waals surface area (Å²) in [7, 11) is -0.834. The van der Waals surface area contributed by atoms with Crippen LogP contribution in [-0.2, 0) is 14.1 Å². The van der Waals surface area contributed by atoms with Crippen molar-refractivity contribution < 1.29 is 14.1 Å². The molecule has 0 aromatic heterocycles. The molecule has 2 aliphatic heterocycles. The number of thiol groups is 1. The van der Waals surface area contributed by atoms with Crippen molar-refractivity contribution in [2.75, 3.05) is 5.75 Å². The van der Waals surface area contributed by atoms with Gasteiger partial charge in [0, 0.05) is 6.04 Å². The molecule has 3 aliphatic rings. The van der Waals surface area contributed by atoms with Gasteiger partial charge in [-0.2, -0.15) is 0 Å². The molecule has 4 nitrogen and oxygen atoms in total. The monoisotopic (exact) mass is 309 g/mol. The van der Waals surface area contributed by atoms with Gasteiger partial charge in [-0.15, -0.1) is 0 Å². The molecule has 0 aromatic rings. The van der Waals surface area contributed by atoms with Gasteiger partial charge in [-0.3, -0.25) is 4.79 Å². The van der Waals surface area contributed by atoms with Crippen LogP contribution >= 0.6 is 10.9 Å². The lowest BCUT2D eigenvalue weighted by Gasteiger charge is -2.32. The topological polar surface area (TPSA) is 47.6 Å². The standard InChI is InChI=1S/C15H24BNO3S/c1-14(2)15(3,4)20-16(19-14)11-7-8-21(9-11)10-13(18)17-12-5-6-12/h7-9,12,21H,5-6,10H2,1-4H3,(H,17,18). The van der Waals surface area contributed by atoms with E-state index in [-0.39, 0.29) is 24.2 Å². The smallest absolute Gasteiger partial charge is 0.399 e. The minimum absolute atomic E-state index is 0.166. The maximum absolute atomic E-state index is 11.9. The van der Waals surface area contributed by atoms with E-state index in [0.717, 1.165) is 18.3 Å². The summed E-state index contributed by atoms with van der Waals surface area (Å²) in [5.41, 5.74) is 0.418. The Morgan fingerprint density at radius 2 is 1.95 bits per heavy atom. The fourth-order valence-corrected chi connectivity index (χ4v) is 4.00. The lowest BCUT2D eigenvalue weighted by Crippen LogP contribution is -2.41. The van der Waals surface area contributed by atoms with E-state index in [1.807, 2.05) is 0 Å². The molecule has 6 heteroatoms. The SMILES string of the molecule is CC1(C)OB(C2=C[SH](CC(=O)NC3CC3)C=C2)OC1(C)C. The number of nitrogens with one attached hydrogen (secondary N) is 1. The summed E-state index contributed by atoms with van der Waals surface area (Å²) in [5, 5.41) is 7.33. The maximum Gasteiger partial charge on any atom is 0.495 e. The van der Waals surface area contributed by atoms with Crippen molar-refractivity contribution in [3.8, 4) is 0 Å². The summed E-state index contributed by atoms with van der Waals surface area (Å²) in [6.07, 6.45) is 4.32. The van der Waals surface area contributed by atoms with Crippen LogP contribution in [0, 0.1) is 0 Å². The fourth-order valence-electron chi connectivity index (χ4n) is 2.34. The molecular weight excluding hydrogens is 285 g/mol. The average molecular weight is 309 g/mol. The Morgan fingerprint density at radius 3 is 2.52 bits per heavy atom. The molecule has 2 heterocycles. The van der Waals surface area contributed by atoms with Crippen LogP contribution in [0.2, 0.25) is 0 Å². The van der Waals surface area contributed by atoms with E-state index < -0.39 is 10.9 Å². The maximum atomic E-state index is 11.9. The second kappa shape index (κ2) is 5.18. The first kappa shape index (κ1) is 15.2. The molecule has 21 heavy (non-hydrogen) atoms. The Morgan fingerprint density at radius 1 is 1.33 bits per heavy atom. The van der Waals surface area contributed by atoms with Crippen LogP contribution in [0.25, 0.3) is 0 Å². The molecule has 0 bridgehead atoms. The highest BCUT2D eigenvalue weighted by atomic mass is 32.2. The number of carbonyl (C=O) groups excluding carboxylic acids is 1. The Balaban J connectivity index is 1.59. The number of rotatable bonds is 4. The summed E-state index contributed by atoms with van der Waals surface area (Å²) in [6.45, 7) is 8.21. The summed E-state index contributed by atoms with van der Waals surface area (Å²) >= 11 is 0. The number of carbonyl (C=O) groups is 1. The van der Waals surface area contributed by atoms with Gasteiger partial charge in [-0.25, -0.2) is 10.9 Å². The minimum atomic E-state index is -0.519. The molecule has 1 unspecified atom stereocenters. The van der Waals surface area contributed by atoms with Crippen LogP contribution < -0.4 is 5.32 Å². The highest BCUT2D eigenvalue weighted by molar-refractivity contribution is 8.22. The van der Waals surface area contributed by atoms with Gasteiger partial charge in [-0.1, -0.05) is 6.08 Å². The molecule has 0 aromatic carbocycles. The number of hydrogen-bond acceptors (Lipinski definition) is 3. The van der Waals surface area contributed by atoms with Gasteiger partial charge in [0.05, 0.1) is 17.0 Å². The average Bonchev–Trinajstić information content (AvgIpc) is 2.97. The van der Waals surface area contributed by atoms with E-state index in [9.17, 15) is 4.79 Å². The summed E-state index contributed by atoms with van der Waals surface area (Å²) in [6, 6.07) is 0.436. The first-order valence-electron chi connectivity index (χ1n) is 7.57. The molecule has 1 aliphatic carbocycles. The highest BCUT2D eigenvalue weighted by Crippen LogP contribution is 2.43. The Hall–Kier alpha value is -0.715. The van der Waals surface area contributed by atoms with Crippen molar-refractivity contribution in [1.82, 2.24) is 5.32 Å². The van der Waals surface area contributed by atoms with Crippen LogP contribution in [0.15, 0.2) is 22.4 Å². The second-order valence-corrected chi connectivity index (χ2v) is 8.95. The van der Waals surface area contributed by atoms with Gasteiger partial charge in [0.25, 0.3) is 0 Å². The molecular formula is C15H24BNO3S. The Labute approximate surface area is 129 Å². The molecule has 2 fully saturated rings. The largest absolute Gasteiger partial charge is 0.495 e. The predicted octanol–water partition coefficient (Wildman–Crippen LogP) is 2.31. The van der Waals surface area contributed by atoms with Gasteiger partial charge in [-0.05, 0) is 56.8 Å². The predicted molar refractivity (Wildman–Crippen MR) is 88.3 cm³/mol. The third-order valence-electron chi connectivity index (χ3n) is 4.57. The van der Waals surface area contributed by atoms with Gasteiger partial charge in [0.2, 0.25) is 5.91 Å². The van der Waals surface area contributed by atoms with Gasteiger partial charge < -0.3 is 14.6 Å². The zero-order chi connectivity index (χ0) is 15.3. The van der Waals surface area contributed by atoms with E-state index in [0.29, 0.717) is 11.8 Å². The molecule has 1 saturated carbocycles. The van der Waals surface area contributed by atoms with E-state index in [2.05, 4.69) is 49.9 Å². The van der Waals surface area contributed by atoms with Gasteiger partial charge in [0.15, 0.2) is 0 Å². The van der Waals surface area contributed by atoms with Gasteiger partial charge >= 0.3 is 7.12 Å². The van der Waals surface area contributed by atoms with E-state index >= 15 is 0 Å². The molecule has 1 atom stereocenters. The first-order valence-corrected chi connectivity index (χ1v) is 9.24. The molecule has 116 valence electrons. The highest BCUT2D eigenvalue weighted by Gasteiger charge is 2.52. The third-order valence-corrected chi connectivity index (χ3v) is 6.38. The number of allylic oxidation sites excluding steroid dienone is 2. The third kappa shape index (κ3) is 3.22. The van der Waals surface area contributed by atoms with Crippen molar-refractivity contribution in [3.63, 3.8) is 0 Å².